The summed E-state index contributed by atoms with van der Waals surface area (Å²) in [6.45, 7) is 2.36. The van der Waals surface area contributed by atoms with Crippen LogP contribution < -0.4 is 9.62 Å². The van der Waals surface area contributed by atoms with Crippen LogP contribution in [0.3, 0.4) is 0 Å². The average molecular weight is 444 g/mol. The zero-order valence-electron chi connectivity index (χ0n) is 13.4. The molecule has 0 radical (unpaired) electrons. The number of hydrogen-bond donors (Lipinski definition) is 1. The lowest BCUT2D eigenvalue weighted by atomic mass is 10.2. The summed E-state index contributed by atoms with van der Waals surface area (Å²) < 4.78 is 28.6. The Hall–Kier alpha value is -1.57. The fourth-order valence-corrected chi connectivity index (χ4v) is 5.07. The van der Waals surface area contributed by atoms with E-state index in [1.54, 1.807) is 48.2 Å². The molecule has 0 saturated heterocycles. The summed E-state index contributed by atoms with van der Waals surface area (Å²) in [5.74, 6) is -0.0184. The molecule has 0 spiro atoms. The van der Waals surface area contributed by atoms with E-state index in [4.69, 9.17) is 11.6 Å². The van der Waals surface area contributed by atoms with E-state index in [1.165, 1.54) is 0 Å². The number of nitrogens with one attached hydrogen (secondary N) is 1. The highest BCUT2D eigenvalue weighted by Gasteiger charge is 2.28. The van der Waals surface area contributed by atoms with E-state index in [9.17, 15) is 13.2 Å². The van der Waals surface area contributed by atoms with E-state index in [0.29, 0.717) is 40.3 Å². The van der Waals surface area contributed by atoms with Crippen LogP contribution in [0.15, 0.2) is 45.8 Å². The SMILES string of the molecule is CCC(=O)N1CCc2cc(Br)c(S(=O)(=O)Nc3ccc(Cl)cc3)cc21. The molecule has 0 aromatic heterocycles. The lowest BCUT2D eigenvalue weighted by Crippen LogP contribution is -2.28. The summed E-state index contributed by atoms with van der Waals surface area (Å²) in [6, 6.07) is 9.73. The molecule has 25 heavy (non-hydrogen) atoms. The third-order valence-corrected chi connectivity index (χ3v) is 6.61. The Morgan fingerprint density at radius 1 is 1.28 bits per heavy atom. The molecule has 3 rings (SSSR count). The molecule has 2 aromatic rings. The Kier molecular flexibility index (Phi) is 5.09. The number of carbonyl (C=O) groups excluding carboxylic acids is 1. The minimum atomic E-state index is -3.81. The molecule has 0 unspecified atom stereocenters. The molecular formula is C17H16BrClN2O3S. The van der Waals surface area contributed by atoms with Crippen LogP contribution in [0.4, 0.5) is 11.4 Å². The van der Waals surface area contributed by atoms with E-state index >= 15 is 0 Å². The Morgan fingerprint density at radius 3 is 2.60 bits per heavy atom. The molecule has 0 saturated carbocycles. The third kappa shape index (κ3) is 3.68. The zero-order valence-corrected chi connectivity index (χ0v) is 16.6. The molecule has 1 aliphatic rings. The Labute approximate surface area is 160 Å². The highest BCUT2D eigenvalue weighted by Crippen LogP contribution is 2.36. The summed E-state index contributed by atoms with van der Waals surface area (Å²) in [4.78, 5) is 13.8. The number of amides is 1. The van der Waals surface area contributed by atoms with E-state index < -0.39 is 10.0 Å². The first-order chi connectivity index (χ1) is 11.8. The second kappa shape index (κ2) is 6.97. The van der Waals surface area contributed by atoms with Crippen molar-refractivity contribution in [3.8, 4) is 0 Å². The van der Waals surface area contributed by atoms with Gasteiger partial charge in [0.2, 0.25) is 5.91 Å². The number of carbonyl (C=O) groups is 1. The Balaban J connectivity index is 1.99. The van der Waals surface area contributed by atoms with Gasteiger partial charge in [0.1, 0.15) is 4.90 Å². The zero-order chi connectivity index (χ0) is 18.2. The fourth-order valence-electron chi connectivity index (χ4n) is 2.77. The molecule has 8 heteroatoms. The number of fused-ring (bicyclic) bond motifs is 1. The van der Waals surface area contributed by atoms with Gasteiger partial charge in [0.05, 0.1) is 0 Å². The monoisotopic (exact) mass is 442 g/mol. The van der Waals surface area contributed by atoms with Gasteiger partial charge in [-0.3, -0.25) is 9.52 Å². The van der Waals surface area contributed by atoms with Crippen molar-refractivity contribution in [2.45, 2.75) is 24.7 Å². The second-order valence-corrected chi connectivity index (χ2v) is 8.61. The van der Waals surface area contributed by atoms with Crippen LogP contribution in [0.25, 0.3) is 0 Å². The molecule has 0 bridgehead atoms. The van der Waals surface area contributed by atoms with E-state index in [-0.39, 0.29) is 10.8 Å². The van der Waals surface area contributed by atoms with Gasteiger partial charge in [0.15, 0.2) is 0 Å². The predicted molar refractivity (Wildman–Crippen MR) is 103 cm³/mol. The molecule has 0 aliphatic carbocycles. The minimum Gasteiger partial charge on any atom is -0.312 e. The maximum Gasteiger partial charge on any atom is 0.263 e. The van der Waals surface area contributed by atoms with Crippen molar-refractivity contribution in [1.82, 2.24) is 0 Å². The fraction of sp³-hybridized carbons (Fsp3) is 0.235. The quantitative estimate of drug-likeness (QED) is 0.770. The lowest BCUT2D eigenvalue weighted by molar-refractivity contribution is -0.118. The average Bonchev–Trinajstić information content (AvgIpc) is 2.98. The van der Waals surface area contributed by atoms with Crippen LogP contribution in [0.1, 0.15) is 18.9 Å². The number of nitrogens with zero attached hydrogens (tertiary/aromatic N) is 1. The number of benzene rings is 2. The van der Waals surface area contributed by atoms with Gasteiger partial charge in [-0.05, 0) is 64.3 Å². The van der Waals surface area contributed by atoms with Crippen molar-refractivity contribution in [2.75, 3.05) is 16.2 Å². The van der Waals surface area contributed by atoms with Gasteiger partial charge in [-0.1, -0.05) is 18.5 Å². The Morgan fingerprint density at radius 2 is 1.96 bits per heavy atom. The van der Waals surface area contributed by atoms with E-state index in [1.807, 2.05) is 0 Å². The lowest BCUT2D eigenvalue weighted by Gasteiger charge is -2.18. The smallest absolute Gasteiger partial charge is 0.263 e. The van der Waals surface area contributed by atoms with Gasteiger partial charge in [0.25, 0.3) is 10.0 Å². The van der Waals surface area contributed by atoms with Gasteiger partial charge in [0, 0.05) is 33.8 Å². The molecule has 0 atom stereocenters. The van der Waals surface area contributed by atoms with E-state index in [2.05, 4.69) is 20.7 Å². The first-order valence-corrected chi connectivity index (χ1v) is 10.4. The number of sulfonamides is 1. The van der Waals surface area contributed by atoms with Crippen LogP contribution in [0, 0.1) is 0 Å². The largest absolute Gasteiger partial charge is 0.312 e. The maximum atomic E-state index is 12.8. The number of hydrogen-bond acceptors (Lipinski definition) is 3. The van der Waals surface area contributed by atoms with Crippen LogP contribution in [0.5, 0.6) is 0 Å². The standard InChI is InChI=1S/C17H16BrClN2O3S/c1-2-17(22)21-8-7-11-9-14(18)16(10-15(11)21)25(23,24)20-13-5-3-12(19)4-6-13/h3-6,9-10,20H,2,7-8H2,1H3. The summed E-state index contributed by atoms with van der Waals surface area (Å²) in [5, 5.41) is 0.523. The molecule has 1 N–H and O–H groups in total. The number of rotatable bonds is 4. The maximum absolute atomic E-state index is 12.8. The number of anilines is 2. The Bertz CT molecular complexity index is 930. The molecule has 1 heterocycles. The highest BCUT2D eigenvalue weighted by molar-refractivity contribution is 9.10. The van der Waals surface area contributed by atoms with E-state index in [0.717, 1.165) is 5.56 Å². The third-order valence-electron chi connectivity index (χ3n) is 4.02. The second-order valence-electron chi connectivity index (χ2n) is 5.67. The van der Waals surface area contributed by atoms with Crippen LogP contribution in [0.2, 0.25) is 5.02 Å². The minimum absolute atomic E-state index is 0.0184. The topological polar surface area (TPSA) is 66.5 Å². The van der Waals surface area contributed by atoms with Crippen molar-refractivity contribution < 1.29 is 13.2 Å². The first-order valence-electron chi connectivity index (χ1n) is 7.73. The summed E-state index contributed by atoms with van der Waals surface area (Å²) >= 11 is 9.17. The van der Waals surface area contributed by atoms with Crippen LogP contribution >= 0.6 is 27.5 Å². The predicted octanol–water partition coefficient (Wildman–Crippen LogP) is 4.20. The van der Waals surface area contributed by atoms with Crippen molar-refractivity contribution >= 4 is 54.8 Å². The molecule has 0 fully saturated rings. The van der Waals surface area contributed by atoms with Crippen LogP contribution in [-0.2, 0) is 21.2 Å². The summed E-state index contributed by atoms with van der Waals surface area (Å²) in [6.07, 6.45) is 1.09. The van der Waals surface area contributed by atoms with Gasteiger partial charge < -0.3 is 4.90 Å². The first kappa shape index (κ1) is 18.2. The van der Waals surface area contributed by atoms with Crippen LogP contribution in [-0.4, -0.2) is 20.9 Å². The van der Waals surface area contributed by atoms with Gasteiger partial charge in [-0.25, -0.2) is 8.42 Å². The number of halogens is 2. The molecule has 2 aromatic carbocycles. The molecule has 1 amide bonds. The van der Waals surface area contributed by atoms with Gasteiger partial charge in [-0.2, -0.15) is 0 Å². The van der Waals surface area contributed by atoms with Crippen molar-refractivity contribution in [3.63, 3.8) is 0 Å². The molecular weight excluding hydrogens is 428 g/mol. The van der Waals surface area contributed by atoms with Gasteiger partial charge >= 0.3 is 0 Å². The summed E-state index contributed by atoms with van der Waals surface area (Å²) in [7, 11) is -3.81. The highest BCUT2D eigenvalue weighted by atomic mass is 79.9. The van der Waals surface area contributed by atoms with Crippen molar-refractivity contribution in [1.29, 1.82) is 0 Å². The molecule has 5 nitrogen and oxygen atoms in total. The normalized spacial score (nSPS) is 13.6. The summed E-state index contributed by atoms with van der Waals surface area (Å²) in [5.41, 5.74) is 2.03. The van der Waals surface area contributed by atoms with Crippen molar-refractivity contribution in [3.05, 3.63) is 51.5 Å². The molecule has 1 aliphatic heterocycles. The molecule has 132 valence electrons. The van der Waals surface area contributed by atoms with Gasteiger partial charge in [-0.15, -0.1) is 0 Å². The van der Waals surface area contributed by atoms with Crippen molar-refractivity contribution in [2.24, 2.45) is 0 Å².